The molecule has 0 amide bonds. The summed E-state index contributed by atoms with van der Waals surface area (Å²) in [4.78, 5) is 0. The van der Waals surface area contributed by atoms with Gasteiger partial charge in [0, 0.05) is 16.5 Å². The maximum atomic E-state index is 10.4. The summed E-state index contributed by atoms with van der Waals surface area (Å²) in [7, 11) is -3.40. The van der Waals surface area contributed by atoms with Gasteiger partial charge in [-0.25, -0.2) is 0 Å². The van der Waals surface area contributed by atoms with Crippen LogP contribution in [-0.2, 0) is 14.9 Å². The molecule has 3 nitrogen and oxygen atoms in total. The molecule has 5 heteroatoms. The van der Waals surface area contributed by atoms with E-state index in [4.69, 9.17) is 4.55 Å². The Kier molecular flexibility index (Phi) is 3.35. The third-order valence-corrected chi connectivity index (χ3v) is 3.45. The lowest BCUT2D eigenvalue weighted by Crippen LogP contribution is -1.91. The maximum absolute atomic E-state index is 10.4. The molecule has 1 rings (SSSR count). The van der Waals surface area contributed by atoms with Crippen LogP contribution in [0.25, 0.3) is 0 Å². The summed E-state index contributed by atoms with van der Waals surface area (Å²) in [6, 6.07) is 7.50. The minimum atomic E-state index is -3.92. The number of rotatable bonds is 3. The van der Waals surface area contributed by atoms with Crippen LogP contribution in [0.1, 0.15) is 11.1 Å². The standard InChI is InChI=1S/C8H10O3S2/c1-7-3-2-4-8(5-7)6-12-13(9,10)11/h2-5H,6H2,1H3,(H,9,10,11). The maximum Gasteiger partial charge on any atom is 0.320 e. The monoisotopic (exact) mass is 218 g/mol. The third-order valence-electron chi connectivity index (χ3n) is 1.46. The molecule has 72 valence electrons. The highest BCUT2D eigenvalue weighted by Gasteiger charge is 2.05. The molecule has 0 unspecified atom stereocenters. The van der Waals surface area contributed by atoms with Crippen molar-refractivity contribution in [2.45, 2.75) is 12.7 Å². The smallest absolute Gasteiger partial charge is 0.277 e. The Morgan fingerprint density at radius 2 is 2.15 bits per heavy atom. The van der Waals surface area contributed by atoms with E-state index in [-0.39, 0.29) is 5.75 Å². The zero-order chi connectivity index (χ0) is 9.90. The van der Waals surface area contributed by atoms with Crippen molar-refractivity contribution in [1.82, 2.24) is 0 Å². The van der Waals surface area contributed by atoms with Gasteiger partial charge in [-0.3, -0.25) is 4.55 Å². The van der Waals surface area contributed by atoms with Gasteiger partial charge in [-0.2, -0.15) is 8.42 Å². The van der Waals surface area contributed by atoms with Crippen LogP contribution in [0.5, 0.6) is 0 Å². The second-order valence-electron chi connectivity index (χ2n) is 2.68. The fraction of sp³-hybridized carbons (Fsp3) is 0.250. The minimum absolute atomic E-state index is 0.278. The topological polar surface area (TPSA) is 54.4 Å². The van der Waals surface area contributed by atoms with E-state index in [0.29, 0.717) is 10.8 Å². The van der Waals surface area contributed by atoms with Gasteiger partial charge in [0.25, 0.3) is 0 Å². The molecule has 1 N–H and O–H groups in total. The Balaban J connectivity index is 2.65. The van der Waals surface area contributed by atoms with Crippen LogP contribution in [0.2, 0.25) is 0 Å². The van der Waals surface area contributed by atoms with E-state index in [9.17, 15) is 8.42 Å². The van der Waals surface area contributed by atoms with Crippen LogP contribution in [-0.4, -0.2) is 13.0 Å². The summed E-state index contributed by atoms with van der Waals surface area (Å²) >= 11 is 0. The molecule has 13 heavy (non-hydrogen) atoms. The SMILES string of the molecule is Cc1cccc(CSS(=O)(=O)O)c1. The van der Waals surface area contributed by atoms with Gasteiger partial charge in [-0.15, -0.1) is 0 Å². The molecule has 0 spiro atoms. The summed E-state index contributed by atoms with van der Waals surface area (Å²) in [5, 5.41) is 0. The van der Waals surface area contributed by atoms with Crippen molar-refractivity contribution >= 4 is 19.9 Å². The Bertz CT molecular complexity index is 384. The first-order valence-electron chi connectivity index (χ1n) is 3.65. The van der Waals surface area contributed by atoms with Gasteiger partial charge in [-0.05, 0) is 12.5 Å². The van der Waals surface area contributed by atoms with Gasteiger partial charge < -0.3 is 0 Å². The predicted octanol–water partition coefficient (Wildman–Crippen LogP) is 2.03. The Morgan fingerprint density at radius 1 is 1.46 bits per heavy atom. The lowest BCUT2D eigenvalue weighted by molar-refractivity contribution is 0.503. The van der Waals surface area contributed by atoms with E-state index in [0.717, 1.165) is 11.1 Å². The van der Waals surface area contributed by atoms with E-state index in [1.165, 1.54) is 0 Å². The predicted molar refractivity (Wildman–Crippen MR) is 54.0 cm³/mol. The first-order chi connectivity index (χ1) is 5.97. The van der Waals surface area contributed by atoms with Crippen LogP contribution in [0.4, 0.5) is 0 Å². The second kappa shape index (κ2) is 4.13. The molecule has 0 radical (unpaired) electrons. The summed E-state index contributed by atoms with van der Waals surface area (Å²) < 4.78 is 29.3. The molecule has 0 saturated carbocycles. The van der Waals surface area contributed by atoms with Crippen molar-refractivity contribution in [1.29, 1.82) is 0 Å². The Labute approximate surface area is 81.3 Å². The van der Waals surface area contributed by atoms with Crippen LogP contribution in [0.15, 0.2) is 24.3 Å². The van der Waals surface area contributed by atoms with Gasteiger partial charge >= 0.3 is 9.15 Å². The van der Waals surface area contributed by atoms with Crippen molar-refractivity contribution in [2.75, 3.05) is 0 Å². The highest BCUT2D eigenvalue weighted by atomic mass is 33.1. The average Bonchev–Trinajstić information content (AvgIpc) is 2.00. The molecule has 1 aromatic carbocycles. The fourth-order valence-corrected chi connectivity index (χ4v) is 2.26. The normalized spacial score (nSPS) is 11.5. The van der Waals surface area contributed by atoms with Gasteiger partial charge in [0.15, 0.2) is 0 Å². The summed E-state index contributed by atoms with van der Waals surface area (Å²) in [6.45, 7) is 1.93. The lowest BCUT2D eigenvalue weighted by atomic mass is 10.2. The number of hydrogen-bond acceptors (Lipinski definition) is 3. The molecule has 0 aliphatic carbocycles. The van der Waals surface area contributed by atoms with Crippen molar-refractivity contribution in [3.8, 4) is 0 Å². The second-order valence-corrected chi connectivity index (χ2v) is 6.03. The van der Waals surface area contributed by atoms with Crippen LogP contribution in [0, 0.1) is 6.92 Å². The van der Waals surface area contributed by atoms with Crippen LogP contribution >= 0.6 is 10.8 Å². The van der Waals surface area contributed by atoms with E-state index < -0.39 is 9.15 Å². The third kappa shape index (κ3) is 4.31. The molecular formula is C8H10O3S2. The molecule has 0 aliphatic rings. The summed E-state index contributed by atoms with van der Waals surface area (Å²) in [6.07, 6.45) is 0. The highest BCUT2D eigenvalue weighted by molar-refractivity contribution is 8.69. The molecule has 0 heterocycles. The molecule has 0 fully saturated rings. The van der Waals surface area contributed by atoms with Gasteiger partial charge in [0.1, 0.15) is 0 Å². The zero-order valence-corrected chi connectivity index (χ0v) is 8.73. The molecule has 1 aromatic rings. The highest BCUT2D eigenvalue weighted by Crippen LogP contribution is 2.17. The van der Waals surface area contributed by atoms with Crippen molar-refractivity contribution in [3.63, 3.8) is 0 Å². The number of benzene rings is 1. The largest absolute Gasteiger partial charge is 0.320 e. The van der Waals surface area contributed by atoms with E-state index in [2.05, 4.69) is 0 Å². The van der Waals surface area contributed by atoms with E-state index in [1.54, 1.807) is 0 Å². The molecule has 0 aromatic heterocycles. The average molecular weight is 218 g/mol. The van der Waals surface area contributed by atoms with Crippen molar-refractivity contribution < 1.29 is 13.0 Å². The summed E-state index contributed by atoms with van der Waals surface area (Å²) in [5.74, 6) is 0.278. The first kappa shape index (κ1) is 10.6. The van der Waals surface area contributed by atoms with Gasteiger partial charge in [0.2, 0.25) is 0 Å². The quantitative estimate of drug-likeness (QED) is 0.623. The van der Waals surface area contributed by atoms with Gasteiger partial charge in [0.05, 0.1) is 0 Å². The number of hydrogen-bond donors (Lipinski definition) is 1. The van der Waals surface area contributed by atoms with Crippen molar-refractivity contribution in [2.24, 2.45) is 0 Å². The molecule has 0 aliphatic heterocycles. The summed E-state index contributed by atoms with van der Waals surface area (Å²) in [5.41, 5.74) is 1.97. The van der Waals surface area contributed by atoms with Crippen molar-refractivity contribution in [3.05, 3.63) is 35.4 Å². The molecule has 0 atom stereocenters. The molecule has 0 saturated heterocycles. The van der Waals surface area contributed by atoms with Gasteiger partial charge in [-0.1, -0.05) is 29.8 Å². The lowest BCUT2D eigenvalue weighted by Gasteiger charge is -1.99. The zero-order valence-electron chi connectivity index (χ0n) is 7.10. The van der Waals surface area contributed by atoms with E-state index >= 15 is 0 Å². The Hall–Kier alpha value is -0.520. The van der Waals surface area contributed by atoms with E-state index in [1.807, 2.05) is 31.2 Å². The Morgan fingerprint density at radius 3 is 2.69 bits per heavy atom. The molecular weight excluding hydrogens is 208 g/mol. The molecule has 0 bridgehead atoms. The fourth-order valence-electron chi connectivity index (χ4n) is 0.944. The minimum Gasteiger partial charge on any atom is -0.277 e. The van der Waals surface area contributed by atoms with Crippen LogP contribution < -0.4 is 0 Å². The first-order valence-corrected chi connectivity index (χ1v) is 6.59. The number of aryl methyl sites for hydroxylation is 1. The van der Waals surface area contributed by atoms with Crippen LogP contribution in [0.3, 0.4) is 0 Å².